The Morgan fingerprint density at radius 3 is 2.62 bits per heavy atom. The number of fused-ring (bicyclic) bond motifs is 5. The van der Waals surface area contributed by atoms with Crippen molar-refractivity contribution in [1.29, 1.82) is 0 Å². The molecular weight excluding hydrogens is 448 g/mol. The van der Waals surface area contributed by atoms with Gasteiger partial charge in [-0.15, -0.1) is 0 Å². The Morgan fingerprint density at radius 1 is 1.00 bits per heavy atom. The summed E-state index contributed by atoms with van der Waals surface area (Å²) in [6.07, 6.45) is 6.80. The summed E-state index contributed by atoms with van der Waals surface area (Å²) in [4.78, 5) is 22.7. The van der Waals surface area contributed by atoms with Gasteiger partial charge in [0.05, 0.1) is 17.2 Å². The highest BCUT2D eigenvalue weighted by molar-refractivity contribution is 6.30. The van der Waals surface area contributed by atoms with Crippen LogP contribution in [0.25, 0.3) is 33.4 Å². The van der Waals surface area contributed by atoms with E-state index in [0.29, 0.717) is 22.8 Å². The van der Waals surface area contributed by atoms with Gasteiger partial charge in [0.25, 0.3) is 0 Å². The van der Waals surface area contributed by atoms with Crippen molar-refractivity contribution in [3.63, 3.8) is 0 Å². The second-order valence-electron chi connectivity index (χ2n) is 8.51. The summed E-state index contributed by atoms with van der Waals surface area (Å²) in [5.74, 6) is 1.14. The number of ether oxygens (including phenoxy) is 1. The van der Waals surface area contributed by atoms with Crippen LogP contribution in [0, 0.1) is 0 Å². The zero-order valence-corrected chi connectivity index (χ0v) is 20.2. The molecule has 0 saturated carbocycles. The lowest BCUT2D eigenvalue weighted by Gasteiger charge is -2.09. The molecule has 5 rings (SSSR count). The van der Waals surface area contributed by atoms with E-state index in [0.717, 1.165) is 65.7 Å². The Balaban J connectivity index is 1.82. The zero-order valence-electron chi connectivity index (χ0n) is 19.4. The first-order chi connectivity index (χ1) is 16.6. The van der Waals surface area contributed by atoms with E-state index in [4.69, 9.17) is 26.3 Å². The number of nitrogens with zero attached hydrogens (tertiary/aromatic N) is 4. The number of hydrogen-bond donors (Lipinski definition) is 0. The number of carbonyl (C=O) groups excluding carboxylic acids is 1. The number of rotatable bonds is 8. The molecule has 0 bridgehead atoms. The Labute approximate surface area is 203 Å². The molecule has 7 heteroatoms. The minimum absolute atomic E-state index is 0.253. The highest BCUT2D eigenvalue weighted by atomic mass is 35.5. The maximum absolute atomic E-state index is 12.6. The van der Waals surface area contributed by atoms with Crippen molar-refractivity contribution < 1.29 is 9.53 Å². The Kier molecular flexibility index (Phi) is 6.24. The van der Waals surface area contributed by atoms with E-state index in [1.807, 2.05) is 53.2 Å². The van der Waals surface area contributed by atoms with E-state index in [2.05, 4.69) is 24.3 Å². The zero-order chi connectivity index (χ0) is 23.7. The number of unbranched alkanes of at least 4 members (excludes halogenated alkanes) is 2. The van der Waals surface area contributed by atoms with Crippen LogP contribution in [0.15, 0.2) is 54.7 Å². The number of imidazole rings is 1. The van der Waals surface area contributed by atoms with E-state index in [1.54, 1.807) is 0 Å². The fourth-order valence-electron chi connectivity index (χ4n) is 4.32. The van der Waals surface area contributed by atoms with E-state index < -0.39 is 0 Å². The molecule has 0 aliphatic heterocycles. The molecule has 34 heavy (non-hydrogen) atoms. The van der Waals surface area contributed by atoms with Crippen molar-refractivity contribution in [2.75, 3.05) is 0 Å². The predicted octanol–water partition coefficient (Wildman–Crippen LogP) is 6.92. The molecule has 0 aliphatic rings. The summed E-state index contributed by atoms with van der Waals surface area (Å²) in [7, 11) is 0. The minimum atomic E-state index is -0.253. The van der Waals surface area contributed by atoms with Crippen LogP contribution < -0.4 is 4.74 Å². The van der Waals surface area contributed by atoms with Gasteiger partial charge in [0, 0.05) is 23.6 Å². The van der Waals surface area contributed by atoms with Gasteiger partial charge >= 0.3 is 5.97 Å². The first-order valence-corrected chi connectivity index (χ1v) is 12.3. The second kappa shape index (κ2) is 9.47. The molecule has 3 heterocycles. The summed E-state index contributed by atoms with van der Waals surface area (Å²) in [5.41, 5.74) is 4.18. The lowest BCUT2D eigenvalue weighted by atomic mass is 10.2. The average Bonchev–Trinajstić information content (AvgIpc) is 3.40. The molecular formula is C27H27ClN4O2. The molecule has 0 saturated heterocycles. The van der Waals surface area contributed by atoms with Gasteiger partial charge in [0.1, 0.15) is 11.2 Å². The van der Waals surface area contributed by atoms with Gasteiger partial charge in [-0.3, -0.25) is 13.8 Å². The molecule has 0 amide bonds. The maximum atomic E-state index is 12.6. The van der Waals surface area contributed by atoms with Gasteiger partial charge < -0.3 is 4.74 Å². The molecule has 0 fully saturated rings. The van der Waals surface area contributed by atoms with Crippen LogP contribution in [-0.2, 0) is 11.2 Å². The summed E-state index contributed by atoms with van der Waals surface area (Å²) < 4.78 is 9.95. The number of halogens is 1. The number of hydrogen-bond acceptors (Lipinski definition) is 4. The number of aryl methyl sites for hydroxylation is 1. The molecule has 5 aromatic rings. The third kappa shape index (κ3) is 4.03. The molecule has 0 radical (unpaired) electrons. The highest BCUT2D eigenvalue weighted by Crippen LogP contribution is 2.36. The molecule has 0 aliphatic carbocycles. The number of para-hydroxylation sites is 2. The van der Waals surface area contributed by atoms with E-state index in [-0.39, 0.29) is 5.97 Å². The lowest BCUT2D eigenvalue weighted by molar-refractivity contribution is -0.134. The molecule has 0 atom stereocenters. The standard InChI is InChI=1S/C27H27ClN4O2/c1-3-5-14-23-30-26-25(27-29-20-12-7-8-13-21(20)32(23)27)22(34-24(33)15-6-4-2)17-31(26)19-11-9-10-18(28)16-19/h7-13,16-17H,3-6,14-15H2,1-2H3. The lowest BCUT2D eigenvalue weighted by Crippen LogP contribution is -2.07. The van der Waals surface area contributed by atoms with Gasteiger partial charge in [0.15, 0.2) is 17.0 Å². The normalized spacial score (nSPS) is 11.6. The van der Waals surface area contributed by atoms with Crippen molar-refractivity contribution >= 4 is 45.3 Å². The number of carbonyl (C=O) groups is 1. The topological polar surface area (TPSA) is 61.4 Å². The Morgan fingerprint density at radius 2 is 1.82 bits per heavy atom. The van der Waals surface area contributed by atoms with E-state index in [9.17, 15) is 4.79 Å². The van der Waals surface area contributed by atoms with Gasteiger partial charge in [-0.2, -0.15) is 0 Å². The van der Waals surface area contributed by atoms with Crippen LogP contribution in [0.3, 0.4) is 0 Å². The highest BCUT2D eigenvalue weighted by Gasteiger charge is 2.23. The number of esters is 1. The molecule has 0 N–H and O–H groups in total. The quantitative estimate of drug-likeness (QED) is 0.229. The molecule has 174 valence electrons. The number of benzene rings is 2. The summed E-state index contributed by atoms with van der Waals surface area (Å²) in [6.45, 7) is 4.23. The first-order valence-electron chi connectivity index (χ1n) is 11.9. The number of aromatic nitrogens is 4. The summed E-state index contributed by atoms with van der Waals surface area (Å²) in [6, 6.07) is 15.6. The van der Waals surface area contributed by atoms with Crippen LogP contribution in [0.1, 0.15) is 51.8 Å². The Bertz CT molecular complexity index is 1500. The largest absolute Gasteiger partial charge is 0.424 e. The van der Waals surface area contributed by atoms with Crippen LogP contribution >= 0.6 is 11.6 Å². The average molecular weight is 475 g/mol. The van der Waals surface area contributed by atoms with Crippen LogP contribution in [-0.4, -0.2) is 24.9 Å². The maximum Gasteiger partial charge on any atom is 0.311 e. The molecule has 3 aromatic heterocycles. The van der Waals surface area contributed by atoms with Gasteiger partial charge in [-0.1, -0.05) is 56.5 Å². The van der Waals surface area contributed by atoms with Gasteiger partial charge in [-0.25, -0.2) is 9.97 Å². The van der Waals surface area contributed by atoms with Crippen molar-refractivity contribution in [3.05, 3.63) is 65.6 Å². The predicted molar refractivity (Wildman–Crippen MR) is 136 cm³/mol. The fourth-order valence-corrected chi connectivity index (χ4v) is 4.50. The molecule has 0 unspecified atom stereocenters. The minimum Gasteiger partial charge on any atom is -0.424 e. The van der Waals surface area contributed by atoms with Gasteiger partial charge in [-0.05, 0) is 43.2 Å². The van der Waals surface area contributed by atoms with Crippen molar-refractivity contribution in [1.82, 2.24) is 18.9 Å². The molecule has 6 nitrogen and oxygen atoms in total. The molecule has 2 aromatic carbocycles. The van der Waals surface area contributed by atoms with Crippen molar-refractivity contribution in [2.45, 2.75) is 52.4 Å². The SMILES string of the molecule is CCCCC(=O)Oc1cn(-c2cccc(Cl)c2)c2nc(CCCC)n3c4ccccc4nc3c12. The molecule has 0 spiro atoms. The van der Waals surface area contributed by atoms with Crippen molar-refractivity contribution in [2.24, 2.45) is 0 Å². The first kappa shape index (κ1) is 22.4. The third-order valence-electron chi connectivity index (χ3n) is 6.02. The smallest absolute Gasteiger partial charge is 0.311 e. The second-order valence-corrected chi connectivity index (χ2v) is 8.95. The monoisotopic (exact) mass is 474 g/mol. The third-order valence-corrected chi connectivity index (χ3v) is 6.26. The summed E-state index contributed by atoms with van der Waals surface area (Å²) in [5, 5.41) is 1.35. The van der Waals surface area contributed by atoms with Crippen LogP contribution in [0.2, 0.25) is 5.02 Å². The fraction of sp³-hybridized carbons (Fsp3) is 0.296. The van der Waals surface area contributed by atoms with Crippen molar-refractivity contribution in [3.8, 4) is 11.4 Å². The van der Waals surface area contributed by atoms with Crippen LogP contribution in [0.4, 0.5) is 0 Å². The summed E-state index contributed by atoms with van der Waals surface area (Å²) >= 11 is 6.31. The van der Waals surface area contributed by atoms with Gasteiger partial charge in [0.2, 0.25) is 0 Å². The van der Waals surface area contributed by atoms with Crippen LogP contribution in [0.5, 0.6) is 5.75 Å². The van der Waals surface area contributed by atoms with E-state index in [1.165, 1.54) is 0 Å². The Hall–Kier alpha value is -3.38. The van der Waals surface area contributed by atoms with E-state index >= 15 is 0 Å².